The average molecular weight is 488 g/mol. The number of nitrogens with zero attached hydrogens (tertiary/aromatic N) is 4. The van der Waals surface area contributed by atoms with E-state index in [1.54, 1.807) is 0 Å². The van der Waals surface area contributed by atoms with E-state index in [2.05, 4.69) is 46.6 Å². The second-order valence-corrected chi connectivity index (χ2v) is 10.3. The zero-order valence-corrected chi connectivity index (χ0v) is 21.2. The molecule has 2 aromatic carbocycles. The first-order valence-corrected chi connectivity index (χ1v) is 12.1. The highest BCUT2D eigenvalue weighted by Gasteiger charge is 2.26. The van der Waals surface area contributed by atoms with Crippen LogP contribution in [0.1, 0.15) is 65.6 Å². The van der Waals surface area contributed by atoms with Crippen LogP contribution < -0.4 is 21.3 Å². The Balaban J connectivity index is 1.48. The van der Waals surface area contributed by atoms with E-state index in [0.717, 1.165) is 24.1 Å². The van der Waals surface area contributed by atoms with E-state index in [9.17, 15) is 9.59 Å². The fraction of sp³-hybridized carbons (Fsp3) is 0.370. The zero-order valence-electron chi connectivity index (χ0n) is 21.2. The van der Waals surface area contributed by atoms with Crippen LogP contribution >= 0.6 is 0 Å². The van der Waals surface area contributed by atoms with E-state index in [0.29, 0.717) is 24.6 Å². The molecule has 1 aliphatic rings. The van der Waals surface area contributed by atoms with Crippen molar-refractivity contribution >= 4 is 29.3 Å². The van der Waals surface area contributed by atoms with Crippen molar-refractivity contribution in [2.45, 2.75) is 52.0 Å². The first-order valence-electron chi connectivity index (χ1n) is 12.1. The fourth-order valence-corrected chi connectivity index (χ4v) is 4.23. The molecular formula is C27H33N7O2. The monoisotopic (exact) mass is 487 g/mol. The summed E-state index contributed by atoms with van der Waals surface area (Å²) < 4.78 is 0. The number of rotatable bonds is 6. The standard InChI is InChI=1S/C27H33N7O2/c1-17-7-5-8-20(15-17)29-24-22(23(28)35)32-33-26(31-24)34-14-6-9-21(16-34)30-25(36)18-10-12-19(13-11-18)27(2,3)4/h5,7-8,10-13,15,21H,6,9,14,16H2,1-4H3,(H2,28,35)(H,30,36)(H,29,31,33). The number of aryl methyl sites for hydroxylation is 1. The number of carbonyl (C=O) groups is 2. The van der Waals surface area contributed by atoms with Gasteiger partial charge in [0, 0.05) is 30.4 Å². The third-order valence-electron chi connectivity index (χ3n) is 6.24. The number of benzene rings is 2. The molecule has 2 heterocycles. The van der Waals surface area contributed by atoms with Gasteiger partial charge in [0.15, 0.2) is 11.5 Å². The summed E-state index contributed by atoms with van der Waals surface area (Å²) in [5, 5.41) is 14.5. The molecule has 0 saturated carbocycles. The van der Waals surface area contributed by atoms with E-state index < -0.39 is 5.91 Å². The molecule has 188 valence electrons. The van der Waals surface area contributed by atoms with E-state index in [1.807, 2.05) is 60.4 Å². The molecule has 0 aliphatic carbocycles. The fourth-order valence-electron chi connectivity index (χ4n) is 4.23. The summed E-state index contributed by atoms with van der Waals surface area (Å²) in [6.07, 6.45) is 1.71. The summed E-state index contributed by atoms with van der Waals surface area (Å²) in [5.74, 6) is -0.183. The topological polar surface area (TPSA) is 126 Å². The lowest BCUT2D eigenvalue weighted by molar-refractivity contribution is 0.0931. The van der Waals surface area contributed by atoms with Crippen molar-refractivity contribution in [2.75, 3.05) is 23.3 Å². The van der Waals surface area contributed by atoms with Gasteiger partial charge in [0.25, 0.3) is 11.8 Å². The Morgan fingerprint density at radius 1 is 1.08 bits per heavy atom. The Kier molecular flexibility index (Phi) is 7.19. The molecule has 9 nitrogen and oxygen atoms in total. The van der Waals surface area contributed by atoms with Gasteiger partial charge in [-0.25, -0.2) is 0 Å². The summed E-state index contributed by atoms with van der Waals surface area (Å²) in [5.41, 5.74) is 9.16. The van der Waals surface area contributed by atoms with Crippen molar-refractivity contribution in [3.05, 3.63) is 70.9 Å². The lowest BCUT2D eigenvalue weighted by Crippen LogP contribution is -2.48. The summed E-state index contributed by atoms with van der Waals surface area (Å²) >= 11 is 0. The van der Waals surface area contributed by atoms with E-state index in [4.69, 9.17) is 5.73 Å². The molecule has 1 saturated heterocycles. The molecule has 0 spiro atoms. The van der Waals surface area contributed by atoms with Crippen molar-refractivity contribution in [3.63, 3.8) is 0 Å². The summed E-state index contributed by atoms with van der Waals surface area (Å²) in [6, 6.07) is 15.4. The van der Waals surface area contributed by atoms with Crippen LogP contribution in [0.3, 0.4) is 0 Å². The molecule has 36 heavy (non-hydrogen) atoms. The van der Waals surface area contributed by atoms with Crippen LogP contribution in [0.4, 0.5) is 17.5 Å². The van der Waals surface area contributed by atoms with Crippen LogP contribution in [0.5, 0.6) is 0 Å². The first-order chi connectivity index (χ1) is 17.1. The van der Waals surface area contributed by atoms with Gasteiger partial charge < -0.3 is 21.3 Å². The number of nitrogens with two attached hydrogens (primary N) is 1. The number of amides is 2. The highest BCUT2D eigenvalue weighted by atomic mass is 16.2. The number of piperidine rings is 1. The minimum atomic E-state index is -0.710. The Morgan fingerprint density at radius 3 is 2.50 bits per heavy atom. The third kappa shape index (κ3) is 5.97. The third-order valence-corrected chi connectivity index (χ3v) is 6.24. The normalized spacial score (nSPS) is 15.9. The van der Waals surface area contributed by atoms with Gasteiger partial charge >= 0.3 is 0 Å². The Hall–Kier alpha value is -4.01. The maximum absolute atomic E-state index is 12.9. The number of aromatic nitrogens is 3. The van der Waals surface area contributed by atoms with Gasteiger partial charge in [0.1, 0.15) is 0 Å². The van der Waals surface area contributed by atoms with Gasteiger partial charge in [0.2, 0.25) is 5.95 Å². The van der Waals surface area contributed by atoms with Crippen molar-refractivity contribution in [3.8, 4) is 0 Å². The lowest BCUT2D eigenvalue weighted by atomic mass is 9.86. The number of anilines is 3. The quantitative estimate of drug-likeness (QED) is 0.484. The number of carbonyl (C=O) groups excluding carboxylic acids is 2. The van der Waals surface area contributed by atoms with Gasteiger partial charge in [-0.05, 0) is 60.6 Å². The summed E-state index contributed by atoms with van der Waals surface area (Å²) in [6.45, 7) is 9.67. The maximum Gasteiger partial charge on any atom is 0.273 e. The van der Waals surface area contributed by atoms with Gasteiger partial charge in [0.05, 0.1) is 0 Å². The van der Waals surface area contributed by atoms with Crippen LogP contribution in [-0.2, 0) is 5.41 Å². The minimum Gasteiger partial charge on any atom is -0.364 e. The van der Waals surface area contributed by atoms with Crippen LogP contribution in [-0.4, -0.2) is 46.1 Å². The molecule has 2 amide bonds. The van der Waals surface area contributed by atoms with E-state index in [1.165, 1.54) is 5.56 Å². The molecule has 4 N–H and O–H groups in total. The molecule has 1 aliphatic heterocycles. The highest BCUT2D eigenvalue weighted by Crippen LogP contribution is 2.24. The second-order valence-electron chi connectivity index (χ2n) is 10.3. The maximum atomic E-state index is 12.9. The van der Waals surface area contributed by atoms with Gasteiger partial charge in [-0.15, -0.1) is 10.2 Å². The minimum absolute atomic E-state index is 0.0270. The zero-order chi connectivity index (χ0) is 25.9. The van der Waals surface area contributed by atoms with E-state index >= 15 is 0 Å². The Bertz CT molecular complexity index is 1250. The molecule has 9 heteroatoms. The van der Waals surface area contributed by atoms with Crippen molar-refractivity contribution in [1.82, 2.24) is 20.5 Å². The molecule has 1 atom stereocenters. The smallest absolute Gasteiger partial charge is 0.273 e. The predicted octanol–water partition coefficient (Wildman–Crippen LogP) is 3.72. The van der Waals surface area contributed by atoms with Crippen molar-refractivity contribution < 1.29 is 9.59 Å². The van der Waals surface area contributed by atoms with Gasteiger partial charge in [-0.2, -0.15) is 4.98 Å². The Morgan fingerprint density at radius 2 is 1.83 bits per heavy atom. The van der Waals surface area contributed by atoms with Crippen LogP contribution in [0.15, 0.2) is 48.5 Å². The number of hydrogen-bond donors (Lipinski definition) is 3. The van der Waals surface area contributed by atoms with Crippen LogP contribution in [0, 0.1) is 6.92 Å². The van der Waals surface area contributed by atoms with Crippen LogP contribution in [0.25, 0.3) is 0 Å². The molecule has 1 aromatic heterocycles. The summed E-state index contributed by atoms with van der Waals surface area (Å²) in [4.78, 5) is 31.4. The molecule has 3 aromatic rings. The molecule has 4 rings (SSSR count). The highest BCUT2D eigenvalue weighted by molar-refractivity contribution is 5.96. The number of hydrogen-bond acceptors (Lipinski definition) is 7. The summed E-state index contributed by atoms with van der Waals surface area (Å²) in [7, 11) is 0. The van der Waals surface area contributed by atoms with E-state index in [-0.39, 0.29) is 28.9 Å². The Labute approximate surface area is 211 Å². The average Bonchev–Trinajstić information content (AvgIpc) is 2.83. The molecule has 0 bridgehead atoms. The first kappa shape index (κ1) is 25.1. The molecule has 1 unspecified atom stereocenters. The predicted molar refractivity (Wildman–Crippen MR) is 141 cm³/mol. The SMILES string of the molecule is Cc1cccc(Nc2nc(N3CCCC(NC(=O)c4ccc(C(C)(C)C)cc4)C3)nnc2C(N)=O)c1. The number of primary amides is 1. The molecule has 1 fully saturated rings. The van der Waals surface area contributed by atoms with Crippen LogP contribution in [0.2, 0.25) is 0 Å². The second kappa shape index (κ2) is 10.3. The van der Waals surface area contributed by atoms with Gasteiger partial charge in [-0.3, -0.25) is 9.59 Å². The van der Waals surface area contributed by atoms with Gasteiger partial charge in [-0.1, -0.05) is 45.0 Å². The van der Waals surface area contributed by atoms with Crippen molar-refractivity contribution in [1.29, 1.82) is 0 Å². The lowest BCUT2D eigenvalue weighted by Gasteiger charge is -2.33. The number of nitrogens with one attached hydrogen (secondary N) is 2. The largest absolute Gasteiger partial charge is 0.364 e. The molecule has 0 radical (unpaired) electrons. The van der Waals surface area contributed by atoms with Crippen molar-refractivity contribution in [2.24, 2.45) is 5.73 Å². The molecular weight excluding hydrogens is 454 g/mol.